The van der Waals surface area contributed by atoms with E-state index in [-0.39, 0.29) is 11.3 Å². The largest absolute Gasteiger partial charge is 0.349 e. The molecule has 0 aromatic carbocycles. The quantitative estimate of drug-likeness (QED) is 0.611. The molecule has 0 saturated heterocycles. The van der Waals surface area contributed by atoms with Crippen LogP contribution in [0.25, 0.3) is 0 Å². The van der Waals surface area contributed by atoms with Crippen LogP contribution in [-0.4, -0.2) is 24.9 Å². The first-order valence-electron chi connectivity index (χ1n) is 5.16. The lowest BCUT2D eigenvalue weighted by molar-refractivity contribution is -0.138. The molecule has 0 spiro atoms. The number of rotatable bonds is 1. The lowest BCUT2D eigenvalue weighted by Gasteiger charge is -2.38. The Labute approximate surface area is 81.3 Å². The van der Waals surface area contributed by atoms with Crippen molar-refractivity contribution in [1.29, 1.82) is 0 Å². The van der Waals surface area contributed by atoms with E-state index < -0.39 is 0 Å². The molecule has 13 heavy (non-hydrogen) atoms. The van der Waals surface area contributed by atoms with E-state index >= 15 is 0 Å². The first-order chi connectivity index (χ1) is 5.95. The Balaban J connectivity index is 2.71. The topological polar surface area (TPSA) is 20.3 Å². The summed E-state index contributed by atoms with van der Waals surface area (Å²) in [6.45, 7) is 4.44. The summed E-state index contributed by atoms with van der Waals surface area (Å²) < 4.78 is 0. The molecule has 0 bridgehead atoms. The summed E-state index contributed by atoms with van der Waals surface area (Å²) in [5, 5.41) is 0. The van der Waals surface area contributed by atoms with E-state index in [0.717, 1.165) is 6.42 Å². The molecular weight excluding hydrogens is 162 g/mol. The van der Waals surface area contributed by atoms with Crippen LogP contribution in [0.3, 0.4) is 0 Å². The Hall–Kier alpha value is -0.530. The average Bonchev–Trinajstić information content (AvgIpc) is 2.02. The highest BCUT2D eigenvalue weighted by Crippen LogP contribution is 2.41. The standard InChI is InChI=1S/C11H21NO/c1-11(2)8-6-5-7-9(11)10(13)12(3)4/h9H,5-8H2,1-4H3. The molecule has 1 amide bonds. The smallest absolute Gasteiger partial charge is 0.225 e. The second-order valence-electron chi connectivity index (χ2n) is 5.02. The van der Waals surface area contributed by atoms with Crippen LogP contribution in [-0.2, 0) is 4.79 Å². The van der Waals surface area contributed by atoms with Crippen LogP contribution < -0.4 is 0 Å². The molecule has 0 aromatic heterocycles. The lowest BCUT2D eigenvalue weighted by atomic mass is 9.68. The predicted molar refractivity (Wildman–Crippen MR) is 54.4 cm³/mol. The van der Waals surface area contributed by atoms with Gasteiger partial charge in [-0.2, -0.15) is 0 Å². The predicted octanol–water partition coefficient (Wildman–Crippen LogP) is 2.29. The minimum Gasteiger partial charge on any atom is -0.349 e. The van der Waals surface area contributed by atoms with Gasteiger partial charge in [-0.1, -0.05) is 26.7 Å². The fourth-order valence-electron chi connectivity index (χ4n) is 2.26. The summed E-state index contributed by atoms with van der Waals surface area (Å²) in [6.07, 6.45) is 4.76. The van der Waals surface area contributed by atoms with Gasteiger partial charge in [0.1, 0.15) is 0 Å². The first kappa shape index (κ1) is 10.6. The van der Waals surface area contributed by atoms with Crippen molar-refractivity contribution in [3.05, 3.63) is 0 Å². The SMILES string of the molecule is CN(C)C(=O)C1CCCCC1(C)C. The monoisotopic (exact) mass is 183 g/mol. The number of hydrogen-bond donors (Lipinski definition) is 0. The van der Waals surface area contributed by atoms with Gasteiger partial charge in [0, 0.05) is 20.0 Å². The molecule has 1 aliphatic carbocycles. The van der Waals surface area contributed by atoms with Crippen molar-refractivity contribution in [1.82, 2.24) is 4.90 Å². The van der Waals surface area contributed by atoms with Crippen LogP contribution in [0.1, 0.15) is 39.5 Å². The van der Waals surface area contributed by atoms with Gasteiger partial charge in [0.05, 0.1) is 0 Å². The molecule has 0 N–H and O–H groups in total. The molecule has 1 fully saturated rings. The van der Waals surface area contributed by atoms with E-state index in [4.69, 9.17) is 0 Å². The summed E-state index contributed by atoms with van der Waals surface area (Å²) in [7, 11) is 3.71. The van der Waals surface area contributed by atoms with Crippen LogP contribution in [0, 0.1) is 11.3 Å². The average molecular weight is 183 g/mol. The molecule has 1 rings (SSSR count). The Morgan fingerprint density at radius 1 is 1.31 bits per heavy atom. The zero-order chi connectivity index (χ0) is 10.1. The number of carbonyl (C=O) groups excluding carboxylic acids is 1. The minimum atomic E-state index is 0.208. The fourth-order valence-corrected chi connectivity index (χ4v) is 2.26. The highest BCUT2D eigenvalue weighted by atomic mass is 16.2. The molecule has 1 saturated carbocycles. The molecule has 0 aromatic rings. The third-order valence-corrected chi connectivity index (χ3v) is 3.25. The van der Waals surface area contributed by atoms with E-state index in [1.165, 1.54) is 19.3 Å². The van der Waals surface area contributed by atoms with Gasteiger partial charge in [-0.25, -0.2) is 0 Å². The van der Waals surface area contributed by atoms with Crippen molar-refractivity contribution < 1.29 is 4.79 Å². The molecule has 0 radical (unpaired) electrons. The Kier molecular flexibility index (Phi) is 2.99. The second kappa shape index (κ2) is 3.69. The van der Waals surface area contributed by atoms with E-state index in [9.17, 15) is 4.79 Å². The molecule has 2 nitrogen and oxygen atoms in total. The molecule has 0 aliphatic heterocycles. The second-order valence-corrected chi connectivity index (χ2v) is 5.02. The van der Waals surface area contributed by atoms with E-state index in [2.05, 4.69) is 13.8 Å². The molecule has 1 aliphatic rings. The molecule has 0 heterocycles. The fraction of sp³-hybridized carbons (Fsp3) is 0.909. The molecule has 2 heteroatoms. The first-order valence-corrected chi connectivity index (χ1v) is 5.16. The van der Waals surface area contributed by atoms with Crippen LogP contribution in [0.5, 0.6) is 0 Å². The van der Waals surface area contributed by atoms with Crippen molar-refractivity contribution in [2.24, 2.45) is 11.3 Å². The molecule has 1 unspecified atom stereocenters. The Morgan fingerprint density at radius 3 is 2.38 bits per heavy atom. The lowest BCUT2D eigenvalue weighted by Crippen LogP contribution is -2.40. The van der Waals surface area contributed by atoms with Crippen molar-refractivity contribution in [2.75, 3.05) is 14.1 Å². The van der Waals surface area contributed by atoms with Gasteiger partial charge in [-0.15, -0.1) is 0 Å². The maximum Gasteiger partial charge on any atom is 0.225 e. The van der Waals surface area contributed by atoms with Gasteiger partial charge in [0.15, 0.2) is 0 Å². The molecule has 1 atom stereocenters. The normalized spacial score (nSPS) is 26.9. The van der Waals surface area contributed by atoms with Crippen molar-refractivity contribution >= 4 is 5.91 Å². The minimum absolute atomic E-state index is 0.208. The van der Waals surface area contributed by atoms with Gasteiger partial charge in [0.25, 0.3) is 0 Å². The van der Waals surface area contributed by atoms with E-state index in [1.54, 1.807) is 4.90 Å². The number of nitrogens with zero attached hydrogens (tertiary/aromatic N) is 1. The number of amides is 1. The van der Waals surface area contributed by atoms with Gasteiger partial charge in [-0.3, -0.25) is 4.79 Å². The maximum absolute atomic E-state index is 11.8. The Bertz CT molecular complexity index is 196. The summed E-state index contributed by atoms with van der Waals surface area (Å²) in [6, 6.07) is 0. The highest BCUT2D eigenvalue weighted by Gasteiger charge is 2.37. The third kappa shape index (κ3) is 2.23. The highest BCUT2D eigenvalue weighted by molar-refractivity contribution is 5.79. The van der Waals surface area contributed by atoms with E-state index in [0.29, 0.717) is 5.91 Å². The van der Waals surface area contributed by atoms with Gasteiger partial charge in [-0.05, 0) is 18.3 Å². The summed E-state index contributed by atoms with van der Waals surface area (Å²) in [5.74, 6) is 0.556. The Morgan fingerprint density at radius 2 is 1.92 bits per heavy atom. The maximum atomic E-state index is 11.8. The molecule has 76 valence electrons. The van der Waals surface area contributed by atoms with Gasteiger partial charge >= 0.3 is 0 Å². The van der Waals surface area contributed by atoms with Crippen LogP contribution in [0.15, 0.2) is 0 Å². The zero-order valence-corrected chi connectivity index (χ0v) is 9.26. The summed E-state index contributed by atoms with van der Waals surface area (Å²) >= 11 is 0. The van der Waals surface area contributed by atoms with Gasteiger partial charge in [0.2, 0.25) is 5.91 Å². The third-order valence-electron chi connectivity index (χ3n) is 3.25. The number of carbonyl (C=O) groups is 1. The van der Waals surface area contributed by atoms with Crippen molar-refractivity contribution in [3.63, 3.8) is 0 Å². The van der Waals surface area contributed by atoms with Crippen molar-refractivity contribution in [3.8, 4) is 0 Å². The van der Waals surface area contributed by atoms with Gasteiger partial charge < -0.3 is 4.90 Å². The van der Waals surface area contributed by atoms with Crippen LogP contribution in [0.2, 0.25) is 0 Å². The van der Waals surface area contributed by atoms with Crippen molar-refractivity contribution in [2.45, 2.75) is 39.5 Å². The van der Waals surface area contributed by atoms with Crippen LogP contribution >= 0.6 is 0 Å². The molecular formula is C11H21NO. The zero-order valence-electron chi connectivity index (χ0n) is 9.26. The number of hydrogen-bond acceptors (Lipinski definition) is 1. The van der Waals surface area contributed by atoms with E-state index in [1.807, 2.05) is 14.1 Å². The summed E-state index contributed by atoms with van der Waals surface area (Å²) in [4.78, 5) is 13.6. The summed E-state index contributed by atoms with van der Waals surface area (Å²) in [5.41, 5.74) is 0.208. The van der Waals surface area contributed by atoms with Crippen LogP contribution in [0.4, 0.5) is 0 Å².